The van der Waals surface area contributed by atoms with Crippen LogP contribution in [0.25, 0.3) is 91.1 Å². The highest BCUT2D eigenvalue weighted by atomic mass is 16.3. The van der Waals surface area contributed by atoms with Gasteiger partial charge in [0.15, 0.2) is 16.2 Å². The Balaban J connectivity index is 0.000000113. The summed E-state index contributed by atoms with van der Waals surface area (Å²) in [6, 6.07) is 33.4. The summed E-state index contributed by atoms with van der Waals surface area (Å²) in [7, 11) is 8.32. The van der Waals surface area contributed by atoms with Gasteiger partial charge in [0.05, 0.1) is 69.3 Å². The van der Waals surface area contributed by atoms with Crippen LogP contribution in [0, 0.1) is 34.6 Å². The molecule has 16 heterocycles. The molecule has 0 fully saturated rings. The number of hydrogen-bond acceptors (Lipinski definition) is 12. The number of pyridine rings is 8. The molecule has 20 heteroatoms. The molecule has 4 aliphatic rings. The summed E-state index contributed by atoms with van der Waals surface area (Å²) < 4.78 is 32.8. The Labute approximate surface area is 542 Å². The second-order valence-electron chi connectivity index (χ2n) is 25.3. The lowest BCUT2D eigenvalue weighted by Gasteiger charge is -2.23. The molecular weight excluding hydrogens is 1150 g/mol. The van der Waals surface area contributed by atoms with E-state index in [-0.39, 0.29) is 27.4 Å². The van der Waals surface area contributed by atoms with Crippen LogP contribution in [0.4, 0.5) is 23.3 Å². The first-order chi connectivity index (χ1) is 44.6. The Morgan fingerprint density at radius 2 is 0.849 bits per heavy atom. The van der Waals surface area contributed by atoms with E-state index in [0.29, 0.717) is 17.1 Å². The van der Waals surface area contributed by atoms with Gasteiger partial charge in [0.25, 0.3) is 23.3 Å². The highest BCUT2D eigenvalue weighted by molar-refractivity contribution is 6.79. The third-order valence-corrected chi connectivity index (χ3v) is 18.5. The minimum absolute atomic E-state index is 0.220. The maximum absolute atomic E-state index is 6.07. The van der Waals surface area contributed by atoms with Crippen molar-refractivity contribution in [3.8, 4) is 0 Å². The van der Waals surface area contributed by atoms with Crippen molar-refractivity contribution in [3.63, 3.8) is 0 Å². The molecule has 0 N–H and O–H groups in total. The summed E-state index contributed by atoms with van der Waals surface area (Å²) in [5, 5.41) is 8.95. The van der Waals surface area contributed by atoms with E-state index >= 15 is 0 Å². The molecule has 0 aromatic carbocycles. The molecule has 0 aliphatic carbocycles. The Bertz CT molecular complexity index is 5570. The Morgan fingerprint density at radius 1 is 0.376 bits per heavy atom. The smallest absolute Gasteiger partial charge is 0.405 e. The van der Waals surface area contributed by atoms with Gasteiger partial charge in [-0.3, -0.25) is 19.2 Å². The largest absolute Gasteiger partial charge is 0.439 e. The summed E-state index contributed by atoms with van der Waals surface area (Å²) in [5.41, 5.74) is 17.1. The van der Waals surface area contributed by atoms with Crippen LogP contribution in [0.15, 0.2) is 158 Å². The fourth-order valence-electron chi connectivity index (χ4n) is 13.9. The van der Waals surface area contributed by atoms with Crippen molar-refractivity contribution in [2.45, 2.75) is 89.6 Å². The van der Waals surface area contributed by atoms with Gasteiger partial charge in [-0.15, -0.1) is 0 Å². The number of fused-ring (bicyclic) bond motifs is 12. The van der Waals surface area contributed by atoms with Crippen molar-refractivity contribution >= 4 is 142 Å². The van der Waals surface area contributed by atoms with Gasteiger partial charge in [-0.25, -0.2) is 38.2 Å². The number of nitrogens with zero attached hydrogens (tertiary/aromatic N) is 12. The number of anilines is 4. The number of aryl methyl sites for hydroxylation is 9. The third-order valence-electron chi connectivity index (χ3n) is 18.5. The molecule has 0 saturated carbocycles. The van der Waals surface area contributed by atoms with Gasteiger partial charge >= 0.3 is 27.4 Å². The van der Waals surface area contributed by atoms with Crippen molar-refractivity contribution < 1.29 is 35.9 Å². The highest BCUT2D eigenvalue weighted by Crippen LogP contribution is 2.26. The van der Waals surface area contributed by atoms with E-state index in [2.05, 4.69) is 284 Å². The molecule has 12 aromatic rings. The zero-order valence-electron chi connectivity index (χ0n) is 56.4. The molecular formula is C73H78B4N12O4+4. The lowest BCUT2D eigenvalue weighted by atomic mass is 9.60. The first kappa shape index (κ1) is 61.6. The molecule has 16 rings (SSSR count). The average Bonchev–Trinajstić information content (AvgIpc) is 1.67. The summed E-state index contributed by atoms with van der Waals surface area (Å²) in [5.74, 6) is 13.6. The molecule has 0 amide bonds. The molecule has 0 radical (unpaired) electrons. The minimum atomic E-state index is 0.220. The molecule has 0 saturated heterocycles. The van der Waals surface area contributed by atoms with Crippen LogP contribution in [0.1, 0.15) is 55.6 Å². The van der Waals surface area contributed by atoms with Gasteiger partial charge in [0.2, 0.25) is 22.9 Å². The van der Waals surface area contributed by atoms with Gasteiger partial charge in [0, 0.05) is 80.4 Å². The maximum atomic E-state index is 6.07. The van der Waals surface area contributed by atoms with E-state index in [0.717, 1.165) is 110 Å². The number of hydrogen-bond donors (Lipinski definition) is 0. The first-order valence-electron chi connectivity index (χ1n) is 31.9. The Hall–Kier alpha value is -10.2. The van der Waals surface area contributed by atoms with Gasteiger partial charge in [0.1, 0.15) is 22.5 Å². The molecule has 462 valence electrons. The van der Waals surface area contributed by atoms with Crippen molar-refractivity contribution in [2.75, 3.05) is 19.2 Å². The monoisotopic (exact) mass is 1230 g/mol. The predicted molar refractivity (Wildman–Crippen MR) is 378 cm³/mol. The SMILES string of the molecule is CB1C=c2c(oc3ncccc23)=C(C)N1c1cc(C)c(C)c[n+]1C.CB1C=c2c(oc3ncccc23)=C(C)N1c1cc(C)cc[n+]1C.CB1C=c2c(oc3ncccc23)=C(C)N1c1ccc(C)c[n+]1C.CB1C=c2oc3nc(C)ccc3c2=C(C)N1c1cccc[n+]1C. The summed E-state index contributed by atoms with van der Waals surface area (Å²) >= 11 is 0. The van der Waals surface area contributed by atoms with Gasteiger partial charge in [-0.2, -0.15) is 0 Å². The standard InChI is InChI=1S/C19H21BN3O.3C18H19BN3O/c1-12-9-17(22(5)11-13(12)2)23-14(3)18-16(10-20(23)4)15-7-6-8-21-19(15)24-18;1-12-7-8-16(21(4)11-12)22-13(2)17-15(10-19(22)3)14-6-5-9-20-18(14)23-17;1-12-7-9-21(4)16(10-12)22-13(2)17-15(11-19(22)3)14-6-5-8-20-18(14)23-17;1-12-8-9-14-17-13(2)22(16-7-5-6-10-21(16)4)19(3)11-15(17)23-18(14)20-12/h6-11H,1-5H3;3*5-11H,1-4H3/q4*+1. The van der Waals surface area contributed by atoms with Crippen molar-refractivity contribution in [1.29, 1.82) is 0 Å². The van der Waals surface area contributed by atoms with Crippen molar-refractivity contribution in [1.82, 2.24) is 19.9 Å². The van der Waals surface area contributed by atoms with E-state index in [4.69, 9.17) is 17.7 Å². The van der Waals surface area contributed by atoms with E-state index in [1.807, 2.05) is 37.3 Å². The summed E-state index contributed by atoms with van der Waals surface area (Å²) in [6.07, 6.45) is 13.8. The first-order valence-corrected chi connectivity index (χ1v) is 31.9. The van der Waals surface area contributed by atoms with Crippen LogP contribution in [0.3, 0.4) is 0 Å². The fraction of sp³-hybridized carbons (Fsp3) is 0.233. The normalized spacial score (nSPS) is 14.2. The van der Waals surface area contributed by atoms with E-state index in [9.17, 15) is 0 Å². The molecule has 93 heavy (non-hydrogen) atoms. The average molecular weight is 1230 g/mol. The Kier molecular flexibility index (Phi) is 16.2. The van der Waals surface area contributed by atoms with Crippen molar-refractivity contribution in [3.05, 3.63) is 211 Å². The van der Waals surface area contributed by atoms with Crippen LogP contribution in [-0.2, 0) is 28.2 Å². The summed E-state index contributed by atoms with van der Waals surface area (Å²) in [4.78, 5) is 26.9. The second-order valence-corrected chi connectivity index (χ2v) is 25.3. The molecule has 0 atom stereocenters. The van der Waals surface area contributed by atoms with Crippen LogP contribution in [0.2, 0.25) is 27.3 Å². The minimum Gasteiger partial charge on any atom is -0.439 e. The zero-order valence-corrected chi connectivity index (χ0v) is 56.4. The number of furan rings is 4. The van der Waals surface area contributed by atoms with Crippen LogP contribution >= 0.6 is 0 Å². The van der Waals surface area contributed by atoms with E-state index in [1.54, 1.807) is 18.6 Å². The predicted octanol–water partition coefficient (Wildman–Crippen LogP) is 6.51. The van der Waals surface area contributed by atoms with Crippen LogP contribution in [-0.4, -0.2) is 47.3 Å². The number of aromatic nitrogens is 8. The second kappa shape index (κ2) is 24.4. The summed E-state index contributed by atoms with van der Waals surface area (Å²) in [6.45, 7) is 28.8. The lowest BCUT2D eigenvalue weighted by molar-refractivity contribution is -0.658. The molecule has 0 bridgehead atoms. The molecule has 16 nitrogen and oxygen atoms in total. The van der Waals surface area contributed by atoms with Crippen LogP contribution in [0.5, 0.6) is 0 Å². The Morgan fingerprint density at radius 3 is 1.38 bits per heavy atom. The van der Waals surface area contributed by atoms with Crippen molar-refractivity contribution in [2.24, 2.45) is 28.2 Å². The highest BCUT2D eigenvalue weighted by Gasteiger charge is 2.38. The quantitative estimate of drug-likeness (QED) is 0.141. The fourth-order valence-corrected chi connectivity index (χ4v) is 13.9. The number of rotatable bonds is 4. The molecule has 0 spiro atoms. The molecule has 0 unspecified atom stereocenters. The van der Waals surface area contributed by atoms with E-state index in [1.165, 1.54) is 33.8 Å². The maximum Gasteiger partial charge on any atom is 0.405 e. The van der Waals surface area contributed by atoms with Gasteiger partial charge in [-0.1, -0.05) is 24.0 Å². The van der Waals surface area contributed by atoms with Crippen LogP contribution < -0.4 is 80.0 Å². The zero-order chi connectivity index (χ0) is 65.4. The molecule has 4 aliphatic heterocycles. The van der Waals surface area contributed by atoms with Gasteiger partial charge < -0.3 is 17.7 Å². The van der Waals surface area contributed by atoms with Gasteiger partial charge in [-0.05, 0) is 185 Å². The lowest BCUT2D eigenvalue weighted by Crippen LogP contribution is -2.50. The third kappa shape index (κ3) is 11.1. The topological polar surface area (TPSA) is 133 Å². The molecule has 12 aromatic heterocycles. The van der Waals surface area contributed by atoms with E-state index < -0.39 is 0 Å².